The molecule has 0 unspecified atom stereocenters. The van der Waals surface area contributed by atoms with Crippen LogP contribution in [0.2, 0.25) is 0 Å². The van der Waals surface area contributed by atoms with E-state index in [1.54, 1.807) is 0 Å². The van der Waals surface area contributed by atoms with Crippen molar-refractivity contribution in [3.8, 4) is 0 Å². The summed E-state index contributed by atoms with van der Waals surface area (Å²) in [6, 6.07) is 4.69. The molecule has 0 bridgehead atoms. The zero-order valence-electron chi connectivity index (χ0n) is 15.3. The van der Waals surface area contributed by atoms with Crippen LogP contribution in [0.4, 0.5) is 11.6 Å². The molecule has 4 rings (SSSR count). The van der Waals surface area contributed by atoms with E-state index in [2.05, 4.69) is 51.9 Å². The van der Waals surface area contributed by atoms with Crippen molar-refractivity contribution in [2.75, 3.05) is 29.9 Å². The van der Waals surface area contributed by atoms with Crippen molar-refractivity contribution in [2.45, 2.75) is 51.5 Å². The van der Waals surface area contributed by atoms with E-state index >= 15 is 0 Å². The first-order valence-electron chi connectivity index (χ1n) is 9.28. The molecule has 2 aromatic heterocycles. The van der Waals surface area contributed by atoms with Gasteiger partial charge >= 0.3 is 0 Å². The fourth-order valence-electron chi connectivity index (χ4n) is 3.55. The predicted octanol–water partition coefficient (Wildman–Crippen LogP) is 2.59. The van der Waals surface area contributed by atoms with Crippen LogP contribution >= 0.6 is 0 Å². The number of fused-ring (bicyclic) bond motifs is 1. The molecule has 0 N–H and O–H groups in total. The van der Waals surface area contributed by atoms with Gasteiger partial charge in [-0.1, -0.05) is 13.8 Å². The molecule has 0 saturated carbocycles. The van der Waals surface area contributed by atoms with Gasteiger partial charge in [0.05, 0.1) is 11.7 Å². The molecule has 0 aromatic carbocycles. The Morgan fingerprint density at radius 1 is 1.16 bits per heavy atom. The van der Waals surface area contributed by atoms with E-state index < -0.39 is 0 Å². The minimum absolute atomic E-state index is 0.344. The van der Waals surface area contributed by atoms with E-state index in [1.807, 2.05) is 12.3 Å². The van der Waals surface area contributed by atoms with Gasteiger partial charge < -0.3 is 9.80 Å². The summed E-state index contributed by atoms with van der Waals surface area (Å²) in [6.45, 7) is 6.17. The van der Waals surface area contributed by atoms with Gasteiger partial charge in [-0.2, -0.15) is 5.10 Å². The van der Waals surface area contributed by atoms with E-state index in [1.165, 1.54) is 24.1 Å². The van der Waals surface area contributed by atoms with Crippen LogP contribution in [0.1, 0.15) is 49.7 Å². The van der Waals surface area contributed by atoms with Crippen LogP contribution in [0.25, 0.3) is 0 Å². The Hall–Kier alpha value is -2.24. The third kappa shape index (κ3) is 3.17. The maximum absolute atomic E-state index is 4.70. The third-order valence-corrected chi connectivity index (χ3v) is 5.33. The van der Waals surface area contributed by atoms with Gasteiger partial charge in [-0.25, -0.2) is 9.97 Å². The summed E-state index contributed by atoms with van der Waals surface area (Å²) < 4.78 is 0. The van der Waals surface area contributed by atoms with E-state index in [0.717, 1.165) is 43.4 Å². The summed E-state index contributed by atoms with van der Waals surface area (Å²) in [6.07, 6.45) is 6.61. The first kappa shape index (κ1) is 16.2. The Bertz CT molecular complexity index is 753. The molecule has 0 atom stereocenters. The fraction of sp³-hybridized carbons (Fsp3) is 0.579. The van der Waals surface area contributed by atoms with Gasteiger partial charge in [-0.05, 0) is 43.4 Å². The molecule has 0 spiro atoms. The minimum Gasteiger partial charge on any atom is -0.353 e. The Morgan fingerprint density at radius 3 is 2.76 bits per heavy atom. The van der Waals surface area contributed by atoms with Crippen molar-refractivity contribution >= 4 is 11.6 Å². The summed E-state index contributed by atoms with van der Waals surface area (Å²) in [5, 5.41) is 8.90. The molecule has 132 valence electrons. The van der Waals surface area contributed by atoms with Crippen molar-refractivity contribution in [3.63, 3.8) is 0 Å². The second kappa shape index (κ2) is 6.58. The molecule has 2 aliphatic rings. The lowest BCUT2D eigenvalue weighted by molar-refractivity contribution is 0.485. The average Bonchev–Trinajstić information content (AvgIpc) is 2.60. The van der Waals surface area contributed by atoms with Crippen LogP contribution < -0.4 is 9.80 Å². The normalized spacial score (nSPS) is 17.4. The zero-order valence-corrected chi connectivity index (χ0v) is 15.3. The first-order chi connectivity index (χ1) is 12.1. The average molecular weight is 338 g/mol. The van der Waals surface area contributed by atoms with E-state index in [9.17, 15) is 0 Å². The van der Waals surface area contributed by atoms with Gasteiger partial charge in [0.25, 0.3) is 0 Å². The Balaban J connectivity index is 1.42. The topological polar surface area (TPSA) is 58.0 Å². The van der Waals surface area contributed by atoms with Gasteiger partial charge in [0.1, 0.15) is 11.6 Å². The predicted molar refractivity (Wildman–Crippen MR) is 99.2 cm³/mol. The molecule has 6 heteroatoms. The van der Waals surface area contributed by atoms with Crippen molar-refractivity contribution < 1.29 is 0 Å². The van der Waals surface area contributed by atoms with Crippen molar-refractivity contribution in [1.82, 2.24) is 20.2 Å². The van der Waals surface area contributed by atoms with Crippen LogP contribution in [0.3, 0.4) is 0 Å². The quantitative estimate of drug-likeness (QED) is 0.854. The van der Waals surface area contributed by atoms with Crippen LogP contribution in [0, 0.1) is 0 Å². The Morgan fingerprint density at radius 2 is 1.96 bits per heavy atom. The van der Waals surface area contributed by atoms with Gasteiger partial charge in [-0.15, -0.1) is 5.10 Å². The largest absolute Gasteiger partial charge is 0.353 e. The highest BCUT2D eigenvalue weighted by Crippen LogP contribution is 2.27. The highest BCUT2D eigenvalue weighted by molar-refractivity contribution is 5.49. The number of hydrogen-bond acceptors (Lipinski definition) is 6. The molecule has 1 aliphatic carbocycles. The van der Waals surface area contributed by atoms with Gasteiger partial charge in [0, 0.05) is 32.3 Å². The van der Waals surface area contributed by atoms with Crippen molar-refractivity contribution in [2.24, 2.45) is 0 Å². The molecule has 2 aromatic rings. The summed E-state index contributed by atoms with van der Waals surface area (Å²) in [5.41, 5.74) is 2.59. The summed E-state index contributed by atoms with van der Waals surface area (Å²) in [5.74, 6) is 3.27. The zero-order chi connectivity index (χ0) is 17.4. The van der Waals surface area contributed by atoms with Crippen LogP contribution in [-0.4, -0.2) is 46.3 Å². The lowest BCUT2D eigenvalue weighted by Gasteiger charge is -2.45. The second-order valence-corrected chi connectivity index (χ2v) is 7.48. The van der Waals surface area contributed by atoms with E-state index in [0.29, 0.717) is 12.0 Å². The highest BCUT2D eigenvalue weighted by Gasteiger charge is 2.32. The molecule has 0 radical (unpaired) electrons. The van der Waals surface area contributed by atoms with Crippen LogP contribution in [0.5, 0.6) is 0 Å². The molecular formula is C19H26N6. The minimum atomic E-state index is 0.344. The number of aryl methyl sites for hydroxylation is 2. The van der Waals surface area contributed by atoms with E-state index in [4.69, 9.17) is 4.98 Å². The molecule has 1 fully saturated rings. The third-order valence-electron chi connectivity index (χ3n) is 5.33. The van der Waals surface area contributed by atoms with Gasteiger partial charge in [-0.3, -0.25) is 0 Å². The van der Waals surface area contributed by atoms with Crippen LogP contribution in [0.15, 0.2) is 18.3 Å². The highest BCUT2D eigenvalue weighted by atomic mass is 15.4. The molecule has 0 amide bonds. The van der Waals surface area contributed by atoms with E-state index in [-0.39, 0.29) is 0 Å². The van der Waals surface area contributed by atoms with Gasteiger partial charge in [0.15, 0.2) is 5.82 Å². The lowest BCUT2D eigenvalue weighted by Crippen LogP contribution is -2.59. The number of anilines is 2. The van der Waals surface area contributed by atoms with Gasteiger partial charge in [0.2, 0.25) is 0 Å². The summed E-state index contributed by atoms with van der Waals surface area (Å²) >= 11 is 0. The monoisotopic (exact) mass is 338 g/mol. The Kier molecular flexibility index (Phi) is 4.27. The number of aromatic nitrogens is 4. The molecule has 3 heterocycles. The second-order valence-electron chi connectivity index (χ2n) is 7.48. The molecule has 6 nitrogen and oxygen atoms in total. The lowest BCUT2D eigenvalue weighted by atomic mass is 9.96. The van der Waals surface area contributed by atoms with Crippen LogP contribution in [-0.2, 0) is 12.8 Å². The standard InChI is InChI=1S/C19H26N6/c1-13(2)19-20-9-8-17(21-19)24(3)15-11-25(12-15)18-10-14-6-4-5-7-16(14)22-23-18/h8-10,13,15H,4-7,11-12H2,1-3H3. The van der Waals surface area contributed by atoms with Crippen molar-refractivity contribution in [3.05, 3.63) is 35.4 Å². The molecule has 1 aliphatic heterocycles. The number of rotatable bonds is 4. The smallest absolute Gasteiger partial charge is 0.151 e. The molecule has 25 heavy (non-hydrogen) atoms. The fourth-order valence-corrected chi connectivity index (χ4v) is 3.55. The molecule has 1 saturated heterocycles. The maximum atomic E-state index is 4.70. The molecular weight excluding hydrogens is 312 g/mol. The summed E-state index contributed by atoms with van der Waals surface area (Å²) in [7, 11) is 2.12. The number of hydrogen-bond donors (Lipinski definition) is 0. The maximum Gasteiger partial charge on any atom is 0.151 e. The number of likely N-dealkylation sites (N-methyl/N-ethyl adjacent to an activating group) is 1. The SMILES string of the molecule is CC(C)c1nccc(N(C)C2CN(c3cc4c(nn3)CCCC4)C2)n1. The Labute approximate surface area is 149 Å². The van der Waals surface area contributed by atoms with Crippen molar-refractivity contribution in [1.29, 1.82) is 0 Å². The number of nitrogens with zero attached hydrogens (tertiary/aromatic N) is 6. The first-order valence-corrected chi connectivity index (χ1v) is 9.28. The summed E-state index contributed by atoms with van der Waals surface area (Å²) in [4.78, 5) is 13.6.